The van der Waals surface area contributed by atoms with Crippen LogP contribution in [0.2, 0.25) is 0 Å². The molecule has 1 aromatic rings. The second-order valence-corrected chi connectivity index (χ2v) is 4.81. The van der Waals surface area contributed by atoms with E-state index in [1.54, 1.807) is 31.2 Å². The van der Waals surface area contributed by atoms with Gasteiger partial charge in [0.2, 0.25) is 0 Å². The lowest BCUT2D eigenvalue weighted by atomic mass is 10.0. The number of rotatable bonds is 4. The fraction of sp³-hybridized carbons (Fsp3) is 0.417. The van der Waals surface area contributed by atoms with E-state index in [0.717, 1.165) is 5.56 Å². The first-order valence-corrected chi connectivity index (χ1v) is 5.98. The molecule has 94 valence electrons. The number of carbonyl (C=O) groups is 1. The van der Waals surface area contributed by atoms with Crippen LogP contribution in [0, 0.1) is 6.92 Å². The van der Waals surface area contributed by atoms with Crippen molar-refractivity contribution in [3.63, 3.8) is 0 Å². The summed E-state index contributed by atoms with van der Waals surface area (Å²) in [5.74, 6) is -1.13. The Bertz CT molecular complexity index is 389. The lowest BCUT2D eigenvalue weighted by molar-refractivity contribution is -0.156. The maximum atomic E-state index is 14.0. The first-order valence-electron chi connectivity index (χ1n) is 5.19. The van der Waals surface area contributed by atoms with E-state index in [2.05, 4.69) is 20.7 Å². The Morgan fingerprint density at radius 2 is 2.06 bits per heavy atom. The van der Waals surface area contributed by atoms with E-state index in [-0.39, 0.29) is 6.61 Å². The van der Waals surface area contributed by atoms with E-state index in [0.29, 0.717) is 5.56 Å². The molecule has 0 bridgehead atoms. The number of halogens is 2. The van der Waals surface area contributed by atoms with Gasteiger partial charge in [-0.25, -0.2) is 9.18 Å². The Kier molecular flexibility index (Phi) is 4.65. The van der Waals surface area contributed by atoms with Gasteiger partial charge in [0.25, 0.3) is 4.58 Å². The van der Waals surface area contributed by atoms with Crippen LogP contribution in [-0.2, 0) is 9.53 Å². The molecule has 0 unspecified atom stereocenters. The van der Waals surface area contributed by atoms with Crippen molar-refractivity contribution in [3.8, 4) is 0 Å². The zero-order valence-corrected chi connectivity index (χ0v) is 11.2. The highest BCUT2D eigenvalue weighted by molar-refractivity contribution is 9.10. The molecule has 3 nitrogen and oxygen atoms in total. The van der Waals surface area contributed by atoms with E-state index in [4.69, 9.17) is 0 Å². The van der Waals surface area contributed by atoms with Crippen LogP contribution < -0.4 is 0 Å². The summed E-state index contributed by atoms with van der Waals surface area (Å²) in [6.07, 6.45) is -1.61. The van der Waals surface area contributed by atoms with Gasteiger partial charge in [-0.3, -0.25) is 0 Å². The molecule has 0 heterocycles. The Balaban J connectivity index is 2.91. The first kappa shape index (κ1) is 14.1. The van der Waals surface area contributed by atoms with Crippen LogP contribution in [0.3, 0.4) is 0 Å². The fourth-order valence-corrected chi connectivity index (χ4v) is 1.68. The minimum Gasteiger partial charge on any atom is -0.463 e. The van der Waals surface area contributed by atoms with Crippen molar-refractivity contribution in [2.24, 2.45) is 0 Å². The van der Waals surface area contributed by atoms with Gasteiger partial charge in [-0.2, -0.15) is 0 Å². The average Bonchev–Trinajstić information content (AvgIpc) is 2.29. The number of hydrogen-bond donors (Lipinski definition) is 1. The summed E-state index contributed by atoms with van der Waals surface area (Å²) < 4.78 is 16.0. The van der Waals surface area contributed by atoms with Gasteiger partial charge in [0.05, 0.1) is 6.61 Å². The highest BCUT2D eigenvalue weighted by atomic mass is 79.9. The van der Waals surface area contributed by atoms with Crippen LogP contribution in [0.15, 0.2) is 24.3 Å². The molecular formula is C12H14BrFO3. The monoisotopic (exact) mass is 304 g/mol. The van der Waals surface area contributed by atoms with Gasteiger partial charge in [0, 0.05) is 0 Å². The highest BCUT2D eigenvalue weighted by Gasteiger charge is 2.45. The Morgan fingerprint density at radius 1 is 1.53 bits per heavy atom. The molecule has 1 aromatic carbocycles. The van der Waals surface area contributed by atoms with E-state index < -0.39 is 16.7 Å². The van der Waals surface area contributed by atoms with Crippen molar-refractivity contribution < 1.29 is 19.0 Å². The number of carbonyl (C=O) groups excluding carboxylic acids is 1. The van der Waals surface area contributed by atoms with Crippen LogP contribution in [0.1, 0.15) is 24.2 Å². The summed E-state index contributed by atoms with van der Waals surface area (Å²) in [6.45, 7) is 3.49. The number of aliphatic hydroxyl groups excluding tert-OH is 1. The van der Waals surface area contributed by atoms with Gasteiger partial charge in [-0.1, -0.05) is 29.8 Å². The van der Waals surface area contributed by atoms with Crippen molar-refractivity contribution in [2.75, 3.05) is 6.61 Å². The Labute approximate surface area is 108 Å². The molecule has 0 saturated heterocycles. The molecule has 0 spiro atoms. The number of aliphatic hydroxyl groups is 1. The molecule has 1 N–H and O–H groups in total. The van der Waals surface area contributed by atoms with Gasteiger partial charge >= 0.3 is 5.97 Å². The maximum Gasteiger partial charge on any atom is 0.358 e. The third kappa shape index (κ3) is 3.26. The molecule has 0 saturated carbocycles. The summed E-state index contributed by atoms with van der Waals surface area (Å²) in [5, 5.41) is 9.81. The predicted octanol–water partition coefficient (Wildman–Crippen LogP) is 2.65. The van der Waals surface area contributed by atoms with Gasteiger partial charge < -0.3 is 9.84 Å². The minimum atomic E-state index is -2.63. The second kappa shape index (κ2) is 5.60. The summed E-state index contributed by atoms with van der Waals surface area (Å²) >= 11 is 2.58. The van der Waals surface area contributed by atoms with Crippen molar-refractivity contribution in [3.05, 3.63) is 35.4 Å². The number of ether oxygens (including phenoxy) is 1. The largest absolute Gasteiger partial charge is 0.463 e. The summed E-state index contributed by atoms with van der Waals surface area (Å²) in [4.78, 5) is 11.3. The number of aryl methyl sites for hydroxylation is 1. The quantitative estimate of drug-likeness (QED) is 0.687. The van der Waals surface area contributed by atoms with Gasteiger partial charge in [-0.15, -0.1) is 0 Å². The van der Waals surface area contributed by atoms with Crippen LogP contribution >= 0.6 is 15.9 Å². The molecule has 0 aliphatic rings. The smallest absolute Gasteiger partial charge is 0.358 e. The van der Waals surface area contributed by atoms with Crippen molar-refractivity contribution >= 4 is 21.9 Å². The lowest BCUT2D eigenvalue weighted by Gasteiger charge is -2.22. The molecular weight excluding hydrogens is 291 g/mol. The number of alkyl halides is 2. The first-order chi connectivity index (χ1) is 7.89. The zero-order valence-electron chi connectivity index (χ0n) is 9.61. The highest BCUT2D eigenvalue weighted by Crippen LogP contribution is 2.36. The Hall–Kier alpha value is -0.940. The molecule has 0 fully saturated rings. The fourth-order valence-electron chi connectivity index (χ4n) is 1.30. The maximum absolute atomic E-state index is 14.0. The summed E-state index contributed by atoms with van der Waals surface area (Å²) in [7, 11) is 0. The van der Waals surface area contributed by atoms with Crippen LogP contribution in [0.5, 0.6) is 0 Å². The van der Waals surface area contributed by atoms with E-state index in [1.807, 2.05) is 6.92 Å². The molecule has 17 heavy (non-hydrogen) atoms. The predicted molar refractivity (Wildman–Crippen MR) is 65.5 cm³/mol. The Morgan fingerprint density at radius 3 is 2.53 bits per heavy atom. The van der Waals surface area contributed by atoms with E-state index >= 15 is 0 Å². The van der Waals surface area contributed by atoms with Crippen molar-refractivity contribution in [2.45, 2.75) is 24.5 Å². The van der Waals surface area contributed by atoms with E-state index in [1.165, 1.54) is 0 Å². The lowest BCUT2D eigenvalue weighted by Crippen LogP contribution is -2.35. The molecule has 0 amide bonds. The second-order valence-electron chi connectivity index (χ2n) is 3.66. The van der Waals surface area contributed by atoms with Crippen molar-refractivity contribution in [1.29, 1.82) is 0 Å². The third-order valence-electron chi connectivity index (χ3n) is 2.28. The van der Waals surface area contributed by atoms with Gasteiger partial charge in [0.1, 0.15) is 6.10 Å². The summed E-state index contributed by atoms with van der Waals surface area (Å²) in [5.41, 5.74) is 1.29. The molecule has 0 aromatic heterocycles. The number of esters is 1. The SMILES string of the molecule is CCOC(=O)[C@@](F)(Br)[C@H](O)c1ccc(C)cc1. The third-order valence-corrected chi connectivity index (χ3v) is 3.04. The van der Waals surface area contributed by atoms with Crippen LogP contribution in [-0.4, -0.2) is 22.3 Å². The van der Waals surface area contributed by atoms with Crippen LogP contribution in [0.4, 0.5) is 4.39 Å². The molecule has 5 heteroatoms. The van der Waals surface area contributed by atoms with E-state index in [9.17, 15) is 14.3 Å². The minimum absolute atomic E-state index is 0.0523. The molecule has 0 aliphatic carbocycles. The average molecular weight is 305 g/mol. The normalized spacial score (nSPS) is 16.1. The van der Waals surface area contributed by atoms with Crippen molar-refractivity contribution in [1.82, 2.24) is 0 Å². The zero-order chi connectivity index (χ0) is 13.1. The van der Waals surface area contributed by atoms with Gasteiger partial charge in [0.15, 0.2) is 0 Å². The molecule has 1 rings (SSSR count). The summed E-state index contributed by atoms with van der Waals surface area (Å²) in [6, 6.07) is 6.59. The molecule has 0 radical (unpaired) electrons. The molecule has 2 atom stereocenters. The standard InChI is InChI=1S/C12H14BrFO3/c1-3-17-11(16)12(13,14)10(15)9-6-4-8(2)5-7-9/h4-7,10,15H,3H2,1-2H3/t10-,12-/m1/s1. The van der Waals surface area contributed by atoms with Crippen LogP contribution in [0.25, 0.3) is 0 Å². The molecule has 0 aliphatic heterocycles. The number of benzene rings is 1. The number of hydrogen-bond acceptors (Lipinski definition) is 3. The topological polar surface area (TPSA) is 46.5 Å². The van der Waals surface area contributed by atoms with Gasteiger partial charge in [-0.05, 0) is 35.3 Å².